The van der Waals surface area contributed by atoms with Gasteiger partial charge in [0.05, 0.1) is 17.4 Å². The van der Waals surface area contributed by atoms with Crippen LogP contribution in [0.3, 0.4) is 0 Å². The molecule has 0 saturated heterocycles. The van der Waals surface area contributed by atoms with Gasteiger partial charge in [0.2, 0.25) is 0 Å². The first kappa shape index (κ1) is 14.2. The quantitative estimate of drug-likeness (QED) is 0.745. The molecule has 6 heteroatoms. The van der Waals surface area contributed by atoms with Crippen LogP contribution in [0.25, 0.3) is 11.0 Å². The number of furan rings is 1. The van der Waals surface area contributed by atoms with Crippen LogP contribution in [-0.2, 0) is 6.18 Å². The number of carbonyl (C=O) groups is 1. The molecule has 3 nitrogen and oxygen atoms in total. The topological polar surface area (TPSA) is 42.2 Å². The molecule has 1 amide bonds. The van der Waals surface area contributed by atoms with Crippen molar-refractivity contribution in [2.45, 2.75) is 6.18 Å². The molecule has 0 spiro atoms. The molecule has 0 radical (unpaired) electrons. The van der Waals surface area contributed by atoms with Gasteiger partial charge in [-0.3, -0.25) is 4.79 Å². The minimum absolute atomic E-state index is 0.399. The maximum Gasteiger partial charge on any atom is 0.417 e. The van der Waals surface area contributed by atoms with E-state index in [1.165, 1.54) is 18.4 Å². The van der Waals surface area contributed by atoms with E-state index < -0.39 is 23.2 Å². The van der Waals surface area contributed by atoms with Crippen LogP contribution in [0.2, 0.25) is 0 Å². The van der Waals surface area contributed by atoms with E-state index in [0.717, 1.165) is 17.5 Å². The van der Waals surface area contributed by atoms with E-state index in [4.69, 9.17) is 4.42 Å². The summed E-state index contributed by atoms with van der Waals surface area (Å²) in [5, 5.41) is 3.22. The number of fused-ring (bicyclic) bond motifs is 1. The Balaban J connectivity index is 1.91. The summed E-state index contributed by atoms with van der Waals surface area (Å²) in [6.45, 7) is 0. The van der Waals surface area contributed by atoms with Crippen molar-refractivity contribution >= 4 is 22.6 Å². The van der Waals surface area contributed by atoms with E-state index in [1.807, 2.05) is 0 Å². The van der Waals surface area contributed by atoms with E-state index in [0.29, 0.717) is 11.3 Å². The third-order valence-corrected chi connectivity index (χ3v) is 3.19. The van der Waals surface area contributed by atoms with Gasteiger partial charge in [-0.1, -0.05) is 12.1 Å². The van der Waals surface area contributed by atoms with Crippen LogP contribution in [0.1, 0.15) is 15.9 Å². The summed E-state index contributed by atoms with van der Waals surface area (Å²) in [6, 6.07) is 11.2. The van der Waals surface area contributed by atoms with Gasteiger partial charge in [-0.25, -0.2) is 0 Å². The number of nitrogens with one attached hydrogen (secondary N) is 1. The zero-order valence-corrected chi connectivity index (χ0v) is 11.1. The summed E-state index contributed by atoms with van der Waals surface area (Å²) in [5.74, 6) is -0.809. The van der Waals surface area contributed by atoms with Crippen molar-refractivity contribution in [2.75, 3.05) is 5.32 Å². The number of carbonyl (C=O) groups excluding carboxylic acids is 1. The first-order valence-corrected chi connectivity index (χ1v) is 6.40. The molecule has 0 bridgehead atoms. The lowest BCUT2D eigenvalue weighted by molar-refractivity contribution is -0.137. The van der Waals surface area contributed by atoms with Gasteiger partial charge in [0.15, 0.2) is 0 Å². The van der Waals surface area contributed by atoms with Crippen molar-refractivity contribution in [1.29, 1.82) is 0 Å². The van der Waals surface area contributed by atoms with Gasteiger partial charge in [-0.15, -0.1) is 0 Å². The molecule has 1 heterocycles. The Morgan fingerprint density at radius 2 is 1.82 bits per heavy atom. The standard InChI is InChI=1S/C16H10F3NO2/c17-16(18,19)13-4-2-1-3-12(13)15(21)20-11-5-6-14-10(9-11)7-8-22-14/h1-9H,(H,20,21). The predicted octanol–water partition coefficient (Wildman–Crippen LogP) is 4.70. The van der Waals surface area contributed by atoms with Crippen molar-refractivity contribution in [3.63, 3.8) is 0 Å². The summed E-state index contributed by atoms with van der Waals surface area (Å²) in [5.41, 5.74) is -0.344. The number of amides is 1. The summed E-state index contributed by atoms with van der Waals surface area (Å²) in [6.07, 6.45) is -3.09. The molecular formula is C16H10F3NO2. The van der Waals surface area contributed by atoms with Crippen molar-refractivity contribution in [1.82, 2.24) is 0 Å². The summed E-state index contributed by atoms with van der Waals surface area (Å²) in [7, 11) is 0. The third-order valence-electron chi connectivity index (χ3n) is 3.19. The smallest absolute Gasteiger partial charge is 0.417 e. The summed E-state index contributed by atoms with van der Waals surface area (Å²) < 4.78 is 43.9. The molecule has 1 aromatic heterocycles. The summed E-state index contributed by atoms with van der Waals surface area (Å²) >= 11 is 0. The zero-order valence-electron chi connectivity index (χ0n) is 11.1. The van der Waals surface area contributed by atoms with E-state index in [2.05, 4.69) is 5.32 Å². The Morgan fingerprint density at radius 1 is 1.05 bits per heavy atom. The lowest BCUT2D eigenvalue weighted by Gasteiger charge is -2.12. The molecule has 0 fully saturated rings. The zero-order chi connectivity index (χ0) is 15.7. The molecule has 3 rings (SSSR count). The molecule has 1 N–H and O–H groups in total. The fraction of sp³-hybridized carbons (Fsp3) is 0.0625. The minimum Gasteiger partial charge on any atom is -0.464 e. The van der Waals surface area contributed by atoms with E-state index >= 15 is 0 Å². The van der Waals surface area contributed by atoms with Crippen molar-refractivity contribution in [2.24, 2.45) is 0 Å². The lowest BCUT2D eigenvalue weighted by Crippen LogP contribution is -2.18. The molecule has 22 heavy (non-hydrogen) atoms. The number of halogens is 3. The molecule has 0 aliphatic rings. The molecular weight excluding hydrogens is 295 g/mol. The van der Waals surface area contributed by atoms with Crippen molar-refractivity contribution < 1.29 is 22.4 Å². The van der Waals surface area contributed by atoms with Gasteiger partial charge in [0.25, 0.3) is 5.91 Å². The fourth-order valence-electron chi connectivity index (χ4n) is 2.17. The Kier molecular flexibility index (Phi) is 3.36. The van der Waals surface area contributed by atoms with Crippen molar-refractivity contribution in [3.8, 4) is 0 Å². The molecule has 112 valence electrons. The minimum atomic E-state index is -4.58. The van der Waals surface area contributed by atoms with Gasteiger partial charge in [0, 0.05) is 11.1 Å². The highest BCUT2D eigenvalue weighted by molar-refractivity contribution is 6.06. The highest BCUT2D eigenvalue weighted by atomic mass is 19.4. The Morgan fingerprint density at radius 3 is 2.59 bits per heavy atom. The van der Waals surface area contributed by atoms with E-state index in [-0.39, 0.29) is 0 Å². The highest BCUT2D eigenvalue weighted by Gasteiger charge is 2.34. The second-order valence-electron chi connectivity index (χ2n) is 4.67. The van der Waals surface area contributed by atoms with Crippen LogP contribution in [-0.4, -0.2) is 5.91 Å². The second-order valence-corrected chi connectivity index (χ2v) is 4.67. The molecule has 0 unspecified atom stereocenters. The van der Waals surface area contributed by atoms with E-state index in [9.17, 15) is 18.0 Å². The maximum atomic E-state index is 12.9. The average Bonchev–Trinajstić information content (AvgIpc) is 2.94. The maximum absolute atomic E-state index is 12.9. The van der Waals surface area contributed by atoms with Crippen LogP contribution >= 0.6 is 0 Å². The number of anilines is 1. The largest absolute Gasteiger partial charge is 0.464 e. The number of alkyl halides is 3. The summed E-state index contributed by atoms with van der Waals surface area (Å²) in [4.78, 5) is 12.1. The molecule has 0 atom stereocenters. The SMILES string of the molecule is O=C(Nc1ccc2occc2c1)c1ccccc1C(F)(F)F. The Hall–Kier alpha value is -2.76. The molecule has 2 aromatic carbocycles. The first-order chi connectivity index (χ1) is 10.4. The second kappa shape index (κ2) is 5.22. The molecule has 0 aliphatic carbocycles. The highest BCUT2D eigenvalue weighted by Crippen LogP contribution is 2.32. The van der Waals surface area contributed by atoms with Gasteiger partial charge in [-0.05, 0) is 36.4 Å². The van der Waals surface area contributed by atoms with E-state index in [1.54, 1.807) is 24.3 Å². The van der Waals surface area contributed by atoms with Crippen LogP contribution < -0.4 is 5.32 Å². The van der Waals surface area contributed by atoms with Gasteiger partial charge in [-0.2, -0.15) is 13.2 Å². The van der Waals surface area contributed by atoms with Crippen LogP contribution in [0.4, 0.5) is 18.9 Å². The Bertz CT molecular complexity index is 837. The monoisotopic (exact) mass is 305 g/mol. The fourth-order valence-corrected chi connectivity index (χ4v) is 2.17. The van der Waals surface area contributed by atoms with Gasteiger partial charge < -0.3 is 9.73 Å². The van der Waals surface area contributed by atoms with Gasteiger partial charge >= 0.3 is 6.18 Å². The molecule has 0 aliphatic heterocycles. The number of benzene rings is 2. The van der Waals surface area contributed by atoms with Crippen molar-refractivity contribution in [3.05, 3.63) is 65.9 Å². The average molecular weight is 305 g/mol. The Labute approximate surface area is 123 Å². The normalized spacial score (nSPS) is 11.6. The predicted molar refractivity (Wildman–Crippen MR) is 75.6 cm³/mol. The lowest BCUT2D eigenvalue weighted by atomic mass is 10.1. The molecule has 3 aromatic rings. The molecule has 0 saturated carbocycles. The number of rotatable bonds is 2. The van der Waals surface area contributed by atoms with Crippen LogP contribution in [0.5, 0.6) is 0 Å². The first-order valence-electron chi connectivity index (χ1n) is 6.40. The van der Waals surface area contributed by atoms with Gasteiger partial charge in [0.1, 0.15) is 5.58 Å². The van der Waals surface area contributed by atoms with Crippen LogP contribution in [0.15, 0.2) is 59.2 Å². The number of hydrogen-bond acceptors (Lipinski definition) is 2. The third kappa shape index (κ3) is 2.67. The number of hydrogen-bond donors (Lipinski definition) is 1. The van der Waals surface area contributed by atoms with Crippen LogP contribution in [0, 0.1) is 0 Å².